The molecule has 4 heteroatoms. The highest BCUT2D eigenvalue weighted by molar-refractivity contribution is 5.38. The van der Waals surface area contributed by atoms with Crippen molar-refractivity contribution < 1.29 is 4.74 Å². The Hall–Kier alpha value is -1.13. The minimum Gasteiger partial charge on any atom is -0.385 e. The highest BCUT2D eigenvalue weighted by Gasteiger charge is 2.03. The van der Waals surface area contributed by atoms with Gasteiger partial charge in [-0.05, 0) is 25.0 Å². The number of ether oxygens (including phenoxy) is 1. The third-order valence-electron chi connectivity index (χ3n) is 2.53. The molecule has 0 fully saturated rings. The zero-order valence-corrected chi connectivity index (χ0v) is 10.3. The normalized spacial score (nSPS) is 12.5. The van der Waals surface area contributed by atoms with E-state index in [0.29, 0.717) is 0 Å². The number of methoxy groups -OCH3 is 1. The van der Waals surface area contributed by atoms with E-state index in [9.17, 15) is 0 Å². The largest absolute Gasteiger partial charge is 0.385 e. The Balaban J connectivity index is 2.52. The Bertz CT molecular complexity index is 298. The summed E-state index contributed by atoms with van der Waals surface area (Å²) in [7, 11) is 3.75. The number of hydrogen-bond acceptors (Lipinski definition) is 4. The number of nitrogens with two attached hydrogens (primary N) is 1. The fourth-order valence-corrected chi connectivity index (χ4v) is 1.45. The van der Waals surface area contributed by atoms with Crippen LogP contribution in [0.1, 0.15) is 24.9 Å². The van der Waals surface area contributed by atoms with Crippen molar-refractivity contribution in [2.45, 2.75) is 19.4 Å². The highest BCUT2D eigenvalue weighted by atomic mass is 16.5. The molecule has 4 nitrogen and oxygen atoms in total. The van der Waals surface area contributed by atoms with Crippen molar-refractivity contribution >= 4 is 5.82 Å². The second-order valence-electron chi connectivity index (χ2n) is 4.01. The zero-order valence-electron chi connectivity index (χ0n) is 10.3. The monoisotopic (exact) mass is 223 g/mol. The van der Waals surface area contributed by atoms with E-state index in [1.165, 1.54) is 0 Å². The molecule has 1 heterocycles. The molecule has 0 aliphatic heterocycles. The Labute approximate surface area is 97.4 Å². The summed E-state index contributed by atoms with van der Waals surface area (Å²) in [6.07, 6.45) is 2.84. The van der Waals surface area contributed by atoms with E-state index in [-0.39, 0.29) is 6.04 Å². The summed E-state index contributed by atoms with van der Waals surface area (Å²) < 4.78 is 5.02. The molecule has 0 aliphatic rings. The van der Waals surface area contributed by atoms with Crippen LogP contribution in [0, 0.1) is 0 Å². The van der Waals surface area contributed by atoms with Crippen LogP contribution in [-0.4, -0.2) is 32.3 Å². The van der Waals surface area contributed by atoms with Gasteiger partial charge in [0.15, 0.2) is 0 Å². The van der Waals surface area contributed by atoms with Gasteiger partial charge in [-0.25, -0.2) is 4.98 Å². The first kappa shape index (κ1) is 12.9. The van der Waals surface area contributed by atoms with Crippen molar-refractivity contribution in [3.05, 3.63) is 23.9 Å². The molecule has 1 aromatic rings. The van der Waals surface area contributed by atoms with Crippen molar-refractivity contribution in [1.82, 2.24) is 4.98 Å². The maximum atomic E-state index is 5.77. The Morgan fingerprint density at radius 2 is 2.25 bits per heavy atom. The molecule has 90 valence electrons. The predicted molar refractivity (Wildman–Crippen MR) is 66.6 cm³/mol. The first-order valence-corrected chi connectivity index (χ1v) is 5.56. The van der Waals surface area contributed by atoms with E-state index < -0.39 is 0 Å². The van der Waals surface area contributed by atoms with Gasteiger partial charge in [0.25, 0.3) is 0 Å². The van der Waals surface area contributed by atoms with E-state index in [1.54, 1.807) is 7.11 Å². The standard InChI is InChI=1S/C12H21N3O/c1-10(13)11-5-6-12(14-9-11)15(2)7-4-8-16-3/h5-6,9-10H,4,7-8,13H2,1-3H3/t10-/m1/s1. The summed E-state index contributed by atoms with van der Waals surface area (Å²) in [6, 6.07) is 4.08. The van der Waals surface area contributed by atoms with Gasteiger partial charge in [-0.3, -0.25) is 0 Å². The van der Waals surface area contributed by atoms with Crippen LogP contribution >= 0.6 is 0 Å². The maximum Gasteiger partial charge on any atom is 0.128 e. The first-order valence-electron chi connectivity index (χ1n) is 5.56. The van der Waals surface area contributed by atoms with Crippen LogP contribution in [0.4, 0.5) is 5.82 Å². The number of anilines is 1. The fraction of sp³-hybridized carbons (Fsp3) is 0.583. The number of pyridine rings is 1. The Morgan fingerprint density at radius 1 is 1.50 bits per heavy atom. The highest BCUT2D eigenvalue weighted by Crippen LogP contribution is 2.13. The molecule has 16 heavy (non-hydrogen) atoms. The van der Waals surface area contributed by atoms with E-state index in [4.69, 9.17) is 10.5 Å². The van der Waals surface area contributed by atoms with Crippen molar-refractivity contribution in [2.24, 2.45) is 5.73 Å². The summed E-state index contributed by atoms with van der Waals surface area (Å²) in [5, 5.41) is 0. The van der Waals surface area contributed by atoms with Gasteiger partial charge in [0.2, 0.25) is 0 Å². The van der Waals surface area contributed by atoms with Crippen LogP contribution in [0.25, 0.3) is 0 Å². The summed E-state index contributed by atoms with van der Waals surface area (Å²) >= 11 is 0. The van der Waals surface area contributed by atoms with Gasteiger partial charge in [-0.15, -0.1) is 0 Å². The zero-order chi connectivity index (χ0) is 12.0. The predicted octanol–water partition coefficient (Wildman–Crippen LogP) is 1.57. The minimum absolute atomic E-state index is 0.0420. The van der Waals surface area contributed by atoms with Gasteiger partial charge in [0, 0.05) is 39.5 Å². The lowest BCUT2D eigenvalue weighted by molar-refractivity contribution is 0.196. The van der Waals surface area contributed by atoms with Gasteiger partial charge in [0.05, 0.1) is 0 Å². The average molecular weight is 223 g/mol. The second-order valence-corrected chi connectivity index (χ2v) is 4.01. The summed E-state index contributed by atoms with van der Waals surface area (Å²) in [4.78, 5) is 6.50. The van der Waals surface area contributed by atoms with Crippen LogP contribution in [0.5, 0.6) is 0 Å². The fourth-order valence-electron chi connectivity index (χ4n) is 1.45. The summed E-state index contributed by atoms with van der Waals surface area (Å²) in [6.45, 7) is 3.68. The average Bonchev–Trinajstić information content (AvgIpc) is 2.29. The van der Waals surface area contributed by atoms with E-state index in [0.717, 1.165) is 31.0 Å². The van der Waals surface area contributed by atoms with Gasteiger partial charge in [-0.1, -0.05) is 6.07 Å². The van der Waals surface area contributed by atoms with Crippen LogP contribution in [0.2, 0.25) is 0 Å². The molecule has 0 aromatic carbocycles. The van der Waals surface area contributed by atoms with E-state index >= 15 is 0 Å². The number of hydrogen-bond donors (Lipinski definition) is 1. The van der Waals surface area contributed by atoms with Crippen molar-refractivity contribution in [3.8, 4) is 0 Å². The van der Waals surface area contributed by atoms with Crippen LogP contribution in [0.15, 0.2) is 18.3 Å². The number of nitrogens with zero attached hydrogens (tertiary/aromatic N) is 2. The molecule has 1 atom stereocenters. The molecule has 0 aliphatic carbocycles. The summed E-state index contributed by atoms with van der Waals surface area (Å²) in [5.74, 6) is 0.973. The lowest BCUT2D eigenvalue weighted by Crippen LogP contribution is -2.21. The molecule has 2 N–H and O–H groups in total. The van der Waals surface area contributed by atoms with Crippen molar-refractivity contribution in [2.75, 3.05) is 32.2 Å². The molecule has 1 aromatic heterocycles. The molecule has 0 saturated carbocycles. The first-order chi connectivity index (χ1) is 7.65. The molecule has 1 rings (SSSR count). The molecule has 0 radical (unpaired) electrons. The molecule has 0 unspecified atom stereocenters. The number of rotatable bonds is 6. The minimum atomic E-state index is 0.0420. The second kappa shape index (κ2) is 6.45. The third-order valence-corrected chi connectivity index (χ3v) is 2.53. The van der Waals surface area contributed by atoms with Gasteiger partial charge < -0.3 is 15.4 Å². The molecule has 0 saturated heterocycles. The van der Waals surface area contributed by atoms with Crippen LogP contribution < -0.4 is 10.6 Å². The van der Waals surface area contributed by atoms with Crippen molar-refractivity contribution in [3.63, 3.8) is 0 Å². The Morgan fingerprint density at radius 3 is 2.75 bits per heavy atom. The van der Waals surface area contributed by atoms with Gasteiger partial charge in [-0.2, -0.15) is 0 Å². The lowest BCUT2D eigenvalue weighted by Gasteiger charge is -2.18. The lowest BCUT2D eigenvalue weighted by atomic mass is 10.1. The SMILES string of the molecule is COCCCN(C)c1ccc([C@@H](C)N)cn1. The Kier molecular flexibility index (Phi) is 5.22. The molecular formula is C12H21N3O. The van der Waals surface area contributed by atoms with E-state index in [2.05, 4.69) is 9.88 Å². The summed E-state index contributed by atoms with van der Waals surface area (Å²) in [5.41, 5.74) is 6.83. The van der Waals surface area contributed by atoms with Gasteiger partial charge >= 0.3 is 0 Å². The molecular weight excluding hydrogens is 202 g/mol. The van der Waals surface area contributed by atoms with Gasteiger partial charge in [0.1, 0.15) is 5.82 Å². The quantitative estimate of drug-likeness (QED) is 0.744. The number of aromatic nitrogens is 1. The van der Waals surface area contributed by atoms with E-state index in [1.807, 2.05) is 32.3 Å². The third kappa shape index (κ3) is 3.79. The van der Waals surface area contributed by atoms with Crippen LogP contribution in [-0.2, 0) is 4.74 Å². The molecule has 0 bridgehead atoms. The topological polar surface area (TPSA) is 51.4 Å². The maximum absolute atomic E-state index is 5.77. The van der Waals surface area contributed by atoms with Crippen LogP contribution in [0.3, 0.4) is 0 Å². The smallest absolute Gasteiger partial charge is 0.128 e. The molecule has 0 spiro atoms. The van der Waals surface area contributed by atoms with Crippen molar-refractivity contribution in [1.29, 1.82) is 0 Å². The molecule has 0 amide bonds.